The van der Waals surface area contributed by atoms with Crippen molar-refractivity contribution in [3.63, 3.8) is 0 Å². The Labute approximate surface area is 177 Å². The van der Waals surface area contributed by atoms with Crippen LogP contribution in [0.4, 0.5) is 4.39 Å². The van der Waals surface area contributed by atoms with Crippen LogP contribution in [-0.4, -0.2) is 50.6 Å². The number of benzene rings is 1. The number of tetrazole rings is 1. The lowest BCUT2D eigenvalue weighted by molar-refractivity contribution is 0.0773. The number of pyridine rings is 1. The Morgan fingerprint density at radius 3 is 2.81 bits per heavy atom. The molecule has 2 aromatic heterocycles. The number of hydrogen-bond donors (Lipinski definition) is 2. The molecule has 1 saturated carbocycles. The monoisotopic (exact) mass is 448 g/mol. The molecule has 0 bridgehead atoms. The molecule has 2 heterocycles. The Hall–Kier alpha value is -2.96. The summed E-state index contributed by atoms with van der Waals surface area (Å²) in [6.07, 6.45) is 2.19. The fourth-order valence-corrected chi connectivity index (χ4v) is 3.95. The Morgan fingerprint density at radius 1 is 1.32 bits per heavy atom. The van der Waals surface area contributed by atoms with E-state index in [4.69, 9.17) is 9.88 Å². The highest BCUT2D eigenvalue weighted by molar-refractivity contribution is 7.89. The summed E-state index contributed by atoms with van der Waals surface area (Å²) in [5.41, 5.74) is -1.10. The highest BCUT2D eigenvalue weighted by Crippen LogP contribution is 2.28. The number of hydrogen-bond acceptors (Lipinski definition) is 8. The van der Waals surface area contributed by atoms with Crippen LogP contribution in [0.2, 0.25) is 0 Å². The van der Waals surface area contributed by atoms with Crippen molar-refractivity contribution in [2.45, 2.75) is 38.0 Å². The van der Waals surface area contributed by atoms with E-state index in [0.717, 1.165) is 12.8 Å². The first-order valence-electron chi connectivity index (χ1n) is 9.53. The van der Waals surface area contributed by atoms with Gasteiger partial charge in [0, 0.05) is 5.56 Å². The molecule has 3 N–H and O–H groups in total. The van der Waals surface area contributed by atoms with Crippen molar-refractivity contribution in [3.05, 3.63) is 53.5 Å². The van der Waals surface area contributed by atoms with E-state index >= 15 is 0 Å². The molecule has 0 amide bonds. The zero-order valence-electron chi connectivity index (χ0n) is 16.6. The SMILES string of the molecule is C[C@](O)(CS(N)(=O)=O)c1cccc(-c2nnn(Cc3cc(OC4CC4)ccc3F)n2)n1. The van der Waals surface area contributed by atoms with Gasteiger partial charge >= 0.3 is 0 Å². The molecule has 1 fully saturated rings. The van der Waals surface area contributed by atoms with Crippen LogP contribution in [0, 0.1) is 5.82 Å². The summed E-state index contributed by atoms with van der Waals surface area (Å²) >= 11 is 0. The fourth-order valence-electron chi connectivity index (χ4n) is 3.01. The number of halogens is 1. The maximum absolute atomic E-state index is 14.2. The maximum Gasteiger partial charge on any atom is 0.223 e. The molecular weight excluding hydrogens is 427 g/mol. The number of aromatic nitrogens is 5. The third kappa shape index (κ3) is 5.40. The summed E-state index contributed by atoms with van der Waals surface area (Å²) in [5, 5.41) is 27.6. The normalized spacial score (nSPS) is 16.1. The van der Waals surface area contributed by atoms with Crippen LogP contribution in [-0.2, 0) is 22.2 Å². The second-order valence-corrected chi connectivity index (χ2v) is 9.32. The number of ether oxygens (including phenoxy) is 1. The van der Waals surface area contributed by atoms with E-state index in [1.807, 2.05) is 0 Å². The van der Waals surface area contributed by atoms with Gasteiger partial charge in [0.1, 0.15) is 22.9 Å². The van der Waals surface area contributed by atoms with Crippen LogP contribution in [0.3, 0.4) is 0 Å². The Bertz CT molecular complexity index is 1210. The number of nitrogens with zero attached hydrogens (tertiary/aromatic N) is 5. The summed E-state index contributed by atoms with van der Waals surface area (Å²) in [7, 11) is -3.93. The van der Waals surface area contributed by atoms with Gasteiger partial charge in [0.15, 0.2) is 0 Å². The first-order chi connectivity index (χ1) is 14.6. The molecular formula is C19H21FN6O4S. The largest absolute Gasteiger partial charge is 0.490 e. The molecule has 0 spiro atoms. The van der Waals surface area contributed by atoms with Crippen LogP contribution in [0.25, 0.3) is 11.5 Å². The van der Waals surface area contributed by atoms with Crippen molar-refractivity contribution in [2.75, 3.05) is 5.75 Å². The van der Waals surface area contributed by atoms with Crippen molar-refractivity contribution in [3.8, 4) is 17.3 Å². The first-order valence-corrected chi connectivity index (χ1v) is 11.2. The molecule has 10 nitrogen and oxygen atoms in total. The topological polar surface area (TPSA) is 146 Å². The molecule has 1 aliphatic rings. The van der Waals surface area contributed by atoms with E-state index in [1.165, 1.54) is 23.9 Å². The molecule has 1 aromatic carbocycles. The van der Waals surface area contributed by atoms with Gasteiger partial charge < -0.3 is 9.84 Å². The molecule has 0 radical (unpaired) electrons. The molecule has 164 valence electrons. The first kappa shape index (κ1) is 21.3. The molecule has 0 aliphatic heterocycles. The number of nitrogens with two attached hydrogens (primary N) is 1. The summed E-state index contributed by atoms with van der Waals surface area (Å²) in [5.74, 6) is -0.388. The van der Waals surface area contributed by atoms with E-state index in [1.54, 1.807) is 24.3 Å². The number of aliphatic hydroxyl groups is 1. The van der Waals surface area contributed by atoms with E-state index in [-0.39, 0.29) is 29.9 Å². The molecule has 0 saturated heterocycles. The van der Waals surface area contributed by atoms with E-state index in [0.29, 0.717) is 11.3 Å². The van der Waals surface area contributed by atoms with E-state index < -0.39 is 27.2 Å². The molecule has 1 atom stereocenters. The molecule has 1 aliphatic carbocycles. The minimum Gasteiger partial charge on any atom is -0.490 e. The predicted octanol–water partition coefficient (Wildman–Crippen LogP) is 0.960. The van der Waals surface area contributed by atoms with Crippen LogP contribution < -0.4 is 9.88 Å². The minimum absolute atomic E-state index is 0.0313. The van der Waals surface area contributed by atoms with Crippen molar-refractivity contribution >= 4 is 10.0 Å². The number of sulfonamides is 1. The Morgan fingerprint density at radius 2 is 2.10 bits per heavy atom. The van der Waals surface area contributed by atoms with E-state index in [2.05, 4.69) is 20.4 Å². The lowest BCUT2D eigenvalue weighted by Crippen LogP contribution is -2.35. The Balaban J connectivity index is 1.54. The zero-order valence-corrected chi connectivity index (χ0v) is 17.5. The zero-order chi connectivity index (χ0) is 22.2. The van der Waals surface area contributed by atoms with Gasteiger partial charge in [0.25, 0.3) is 0 Å². The van der Waals surface area contributed by atoms with Gasteiger partial charge in [-0.25, -0.2) is 22.9 Å². The van der Waals surface area contributed by atoms with Crippen LogP contribution in [0.1, 0.15) is 31.0 Å². The number of rotatable bonds is 8. The van der Waals surface area contributed by atoms with Crippen LogP contribution >= 0.6 is 0 Å². The van der Waals surface area contributed by atoms with Crippen molar-refractivity contribution in [1.29, 1.82) is 0 Å². The highest BCUT2D eigenvalue weighted by atomic mass is 32.2. The third-order valence-corrected chi connectivity index (χ3v) is 5.59. The van der Waals surface area contributed by atoms with Crippen molar-refractivity contribution < 1.29 is 22.7 Å². The molecule has 4 rings (SSSR count). The summed E-state index contributed by atoms with van der Waals surface area (Å²) < 4.78 is 42.7. The molecule has 31 heavy (non-hydrogen) atoms. The smallest absolute Gasteiger partial charge is 0.223 e. The second-order valence-electron chi connectivity index (χ2n) is 7.70. The highest BCUT2D eigenvalue weighted by Gasteiger charge is 2.30. The number of primary sulfonamides is 1. The second kappa shape index (κ2) is 7.94. The summed E-state index contributed by atoms with van der Waals surface area (Å²) in [4.78, 5) is 5.46. The Kier molecular flexibility index (Phi) is 5.45. The quantitative estimate of drug-likeness (QED) is 0.518. The van der Waals surface area contributed by atoms with Gasteiger partial charge in [-0.05, 0) is 55.3 Å². The van der Waals surface area contributed by atoms with Gasteiger partial charge in [-0.15, -0.1) is 10.2 Å². The predicted molar refractivity (Wildman–Crippen MR) is 108 cm³/mol. The average molecular weight is 448 g/mol. The van der Waals surface area contributed by atoms with Gasteiger partial charge in [-0.2, -0.15) is 4.80 Å². The van der Waals surface area contributed by atoms with Crippen molar-refractivity contribution in [2.24, 2.45) is 5.14 Å². The van der Waals surface area contributed by atoms with E-state index in [9.17, 15) is 17.9 Å². The average Bonchev–Trinajstić information content (AvgIpc) is 3.37. The fraction of sp³-hybridized carbons (Fsp3) is 0.368. The molecule has 12 heteroatoms. The van der Waals surface area contributed by atoms with Crippen LogP contribution in [0.5, 0.6) is 5.75 Å². The van der Waals surface area contributed by atoms with Gasteiger partial charge in [0.2, 0.25) is 15.8 Å². The standard InChI is InChI=1S/C19H21FN6O4S/c1-19(27,11-31(21,28)29)17-4-2-3-16(22-17)18-23-25-26(24-18)10-12-9-14(7-8-15(12)20)30-13-5-6-13/h2-4,7-9,13,27H,5-6,10-11H2,1H3,(H2,21,28,29)/t19-/m0/s1. The third-order valence-electron chi connectivity index (χ3n) is 4.62. The van der Waals surface area contributed by atoms with Crippen molar-refractivity contribution in [1.82, 2.24) is 25.2 Å². The summed E-state index contributed by atoms with van der Waals surface area (Å²) in [6, 6.07) is 9.17. The lowest BCUT2D eigenvalue weighted by Gasteiger charge is -2.21. The lowest BCUT2D eigenvalue weighted by atomic mass is 10.0. The van der Waals surface area contributed by atoms with Gasteiger partial charge in [-0.3, -0.25) is 0 Å². The van der Waals surface area contributed by atoms with Gasteiger partial charge in [-0.1, -0.05) is 6.07 Å². The van der Waals surface area contributed by atoms with Crippen LogP contribution in [0.15, 0.2) is 36.4 Å². The molecule has 3 aromatic rings. The minimum atomic E-state index is -3.93. The molecule has 0 unspecified atom stereocenters. The maximum atomic E-state index is 14.2. The summed E-state index contributed by atoms with van der Waals surface area (Å²) in [6.45, 7) is 1.33. The van der Waals surface area contributed by atoms with Gasteiger partial charge in [0.05, 0.1) is 24.1 Å².